The van der Waals surface area contributed by atoms with Gasteiger partial charge in [-0.25, -0.2) is 0 Å². The number of nitrogens with one attached hydrogen (secondary N) is 1. The van der Waals surface area contributed by atoms with Crippen molar-refractivity contribution in [1.82, 2.24) is 9.88 Å². The van der Waals surface area contributed by atoms with Gasteiger partial charge in [-0.2, -0.15) is 0 Å². The third-order valence-electron chi connectivity index (χ3n) is 7.18. The van der Waals surface area contributed by atoms with E-state index in [0.717, 1.165) is 56.0 Å². The fourth-order valence-electron chi connectivity index (χ4n) is 5.11. The first kappa shape index (κ1) is 19.6. The molecule has 1 aromatic carbocycles. The predicted octanol–water partition coefficient (Wildman–Crippen LogP) is 4.58. The minimum Gasteiger partial charge on any atom is -0.367 e. The Morgan fingerprint density at radius 1 is 1.17 bits per heavy atom. The van der Waals surface area contributed by atoms with Crippen LogP contribution in [0.25, 0.3) is 16.5 Å². The lowest BCUT2D eigenvalue weighted by Crippen LogP contribution is -2.39. The number of aromatic nitrogens is 1. The molecule has 2 aliphatic carbocycles. The van der Waals surface area contributed by atoms with E-state index in [4.69, 9.17) is 4.74 Å². The summed E-state index contributed by atoms with van der Waals surface area (Å²) in [6, 6.07) is 8.34. The van der Waals surface area contributed by atoms with Crippen LogP contribution in [0, 0.1) is 11.8 Å². The average Bonchev–Trinajstić information content (AvgIpc) is 3.46. The summed E-state index contributed by atoms with van der Waals surface area (Å²) in [6.45, 7) is 0.732. The van der Waals surface area contributed by atoms with E-state index < -0.39 is 0 Å². The number of fused-ring (bicyclic) bond motifs is 1. The predicted molar refractivity (Wildman–Crippen MR) is 117 cm³/mol. The number of carbonyl (C=O) groups is 2. The first-order valence-corrected chi connectivity index (χ1v) is 11.2. The van der Waals surface area contributed by atoms with Crippen LogP contribution in [0.5, 0.6) is 0 Å². The van der Waals surface area contributed by atoms with Crippen LogP contribution in [-0.4, -0.2) is 47.9 Å². The van der Waals surface area contributed by atoms with Gasteiger partial charge in [-0.05, 0) is 73.6 Å². The highest BCUT2D eigenvalue weighted by Gasteiger charge is 2.54. The van der Waals surface area contributed by atoms with E-state index >= 15 is 0 Å². The molecule has 1 spiro atoms. The van der Waals surface area contributed by atoms with Crippen molar-refractivity contribution in [2.75, 3.05) is 20.7 Å². The average molecular weight is 407 g/mol. The number of ether oxygens (including phenoxy) is 1. The number of allylic oxidation sites excluding steroid dienone is 2. The van der Waals surface area contributed by atoms with Gasteiger partial charge in [0.15, 0.2) is 5.78 Å². The number of nitrogens with zero attached hydrogens (tertiary/aromatic N) is 1. The number of carbonyl (C=O) groups excluding carboxylic acids is 2. The third kappa shape index (κ3) is 3.49. The third-order valence-corrected chi connectivity index (χ3v) is 7.18. The Balaban J connectivity index is 1.36. The van der Waals surface area contributed by atoms with Crippen LogP contribution in [-0.2, 0) is 9.53 Å². The highest BCUT2D eigenvalue weighted by Crippen LogP contribution is 2.47. The molecular weight excluding hydrogens is 376 g/mol. The van der Waals surface area contributed by atoms with Crippen LogP contribution >= 0.6 is 0 Å². The van der Waals surface area contributed by atoms with Crippen LogP contribution in [0.2, 0.25) is 0 Å². The van der Waals surface area contributed by atoms with Crippen molar-refractivity contribution in [2.24, 2.45) is 11.8 Å². The zero-order valence-corrected chi connectivity index (χ0v) is 17.9. The van der Waals surface area contributed by atoms with Gasteiger partial charge in [0.25, 0.3) is 5.91 Å². The summed E-state index contributed by atoms with van der Waals surface area (Å²) >= 11 is 0. The number of H-pyrrole nitrogens is 1. The minimum absolute atomic E-state index is 0.0168. The first-order valence-electron chi connectivity index (χ1n) is 11.2. The Labute approximate surface area is 177 Å². The maximum Gasteiger partial charge on any atom is 0.269 e. The van der Waals surface area contributed by atoms with E-state index in [0.29, 0.717) is 29.7 Å². The van der Waals surface area contributed by atoms with E-state index in [1.54, 1.807) is 19.0 Å². The van der Waals surface area contributed by atoms with Gasteiger partial charge in [-0.3, -0.25) is 9.59 Å². The molecular formula is C25H30N2O3. The molecule has 1 aromatic heterocycles. The quantitative estimate of drug-likeness (QED) is 0.811. The standard InChI is InChI=1S/C25H30N2O3/c1-27(2)24(29)22-13-19-8-7-18(12-21(19)26-22)16-5-3-4-6-17(11-16)20-14-23(28)25(9-10-25)30-15-20/h5,7-8,12-13,17,20,26H,3-4,6,9-11,14-15H2,1-2H3. The minimum atomic E-state index is -0.389. The number of rotatable bonds is 3. The van der Waals surface area contributed by atoms with E-state index in [-0.39, 0.29) is 11.5 Å². The van der Waals surface area contributed by atoms with Crippen LogP contribution < -0.4 is 0 Å². The second-order valence-corrected chi connectivity index (χ2v) is 9.50. The van der Waals surface area contributed by atoms with E-state index in [1.807, 2.05) is 6.07 Å². The van der Waals surface area contributed by atoms with Crippen molar-refractivity contribution < 1.29 is 14.3 Å². The molecule has 5 nitrogen and oxygen atoms in total. The maximum absolute atomic E-state index is 12.5. The lowest BCUT2D eigenvalue weighted by atomic mass is 9.79. The van der Waals surface area contributed by atoms with Gasteiger partial charge in [-0.1, -0.05) is 18.2 Å². The van der Waals surface area contributed by atoms with E-state index in [1.165, 1.54) is 11.1 Å². The SMILES string of the molecule is CN(C)C(=O)c1cc2ccc(C3=CCCCC(C4COC5(CC5)C(=O)C4)C3)cc2[nH]1. The van der Waals surface area contributed by atoms with Crippen molar-refractivity contribution >= 4 is 28.2 Å². The summed E-state index contributed by atoms with van der Waals surface area (Å²) in [5, 5.41) is 1.05. The number of aromatic amines is 1. The molecule has 1 saturated carbocycles. The summed E-state index contributed by atoms with van der Waals surface area (Å²) < 4.78 is 6.03. The molecule has 1 N–H and O–H groups in total. The molecule has 5 rings (SSSR count). The lowest BCUT2D eigenvalue weighted by Gasteiger charge is -2.33. The number of ketones is 1. The smallest absolute Gasteiger partial charge is 0.269 e. The van der Waals surface area contributed by atoms with Crippen LogP contribution in [0.1, 0.15) is 61.0 Å². The van der Waals surface area contributed by atoms with Crippen molar-refractivity contribution in [1.29, 1.82) is 0 Å². The van der Waals surface area contributed by atoms with E-state index in [9.17, 15) is 9.59 Å². The Hall–Kier alpha value is -2.40. The summed E-state index contributed by atoms with van der Waals surface area (Å²) in [5.74, 6) is 1.14. The van der Waals surface area contributed by atoms with Crippen LogP contribution in [0.15, 0.2) is 30.3 Å². The van der Waals surface area contributed by atoms with Crippen LogP contribution in [0.3, 0.4) is 0 Å². The molecule has 5 heteroatoms. The molecule has 1 saturated heterocycles. The van der Waals surface area contributed by atoms with Gasteiger partial charge < -0.3 is 14.6 Å². The number of hydrogen-bond donors (Lipinski definition) is 1. The van der Waals surface area contributed by atoms with Gasteiger partial charge >= 0.3 is 0 Å². The Morgan fingerprint density at radius 2 is 2.00 bits per heavy atom. The molecule has 1 amide bonds. The van der Waals surface area contributed by atoms with Crippen molar-refractivity contribution in [2.45, 2.75) is 50.5 Å². The molecule has 2 unspecified atom stereocenters. The van der Waals surface area contributed by atoms with Crippen molar-refractivity contribution in [3.63, 3.8) is 0 Å². The molecule has 3 aliphatic rings. The second-order valence-electron chi connectivity index (χ2n) is 9.50. The van der Waals surface area contributed by atoms with Gasteiger partial charge in [-0.15, -0.1) is 0 Å². The normalized spacial score (nSPS) is 25.8. The molecule has 2 atom stereocenters. The number of benzene rings is 1. The number of hydrogen-bond acceptors (Lipinski definition) is 3. The van der Waals surface area contributed by atoms with Crippen molar-refractivity contribution in [3.8, 4) is 0 Å². The zero-order chi connectivity index (χ0) is 20.9. The highest BCUT2D eigenvalue weighted by atomic mass is 16.5. The molecule has 158 valence electrons. The van der Waals surface area contributed by atoms with Crippen molar-refractivity contribution in [3.05, 3.63) is 41.6 Å². The lowest BCUT2D eigenvalue weighted by molar-refractivity contribution is -0.145. The summed E-state index contributed by atoms with van der Waals surface area (Å²) in [5.41, 5.74) is 3.79. The largest absolute Gasteiger partial charge is 0.367 e. The van der Waals surface area contributed by atoms with Gasteiger partial charge in [0.2, 0.25) is 0 Å². The Morgan fingerprint density at radius 3 is 2.73 bits per heavy atom. The number of amides is 1. The molecule has 0 radical (unpaired) electrons. The Bertz CT molecular complexity index is 1030. The van der Waals surface area contributed by atoms with Gasteiger partial charge in [0.05, 0.1) is 6.61 Å². The summed E-state index contributed by atoms with van der Waals surface area (Å²) in [6.07, 6.45) is 9.27. The first-order chi connectivity index (χ1) is 14.4. The number of Topliss-reactive ketones (excluding diaryl/α,β-unsaturated/α-hetero) is 1. The Kier molecular flexibility index (Phi) is 4.81. The zero-order valence-electron chi connectivity index (χ0n) is 17.9. The maximum atomic E-state index is 12.5. The molecule has 30 heavy (non-hydrogen) atoms. The molecule has 2 heterocycles. The molecule has 1 aliphatic heterocycles. The fourth-order valence-corrected chi connectivity index (χ4v) is 5.11. The highest BCUT2D eigenvalue weighted by molar-refractivity contribution is 5.98. The second kappa shape index (κ2) is 7.38. The topological polar surface area (TPSA) is 62.4 Å². The fraction of sp³-hybridized carbons (Fsp3) is 0.520. The summed E-state index contributed by atoms with van der Waals surface area (Å²) in [4.78, 5) is 29.7. The molecule has 2 aromatic rings. The van der Waals surface area contributed by atoms with Crippen LogP contribution in [0.4, 0.5) is 0 Å². The van der Waals surface area contributed by atoms with Gasteiger partial charge in [0.1, 0.15) is 11.3 Å². The van der Waals surface area contributed by atoms with E-state index in [2.05, 4.69) is 29.3 Å². The monoisotopic (exact) mass is 406 g/mol. The molecule has 0 bridgehead atoms. The van der Waals surface area contributed by atoms with Gasteiger partial charge in [0, 0.05) is 31.4 Å². The summed E-state index contributed by atoms with van der Waals surface area (Å²) in [7, 11) is 3.53. The molecule has 2 fully saturated rings.